The average Bonchev–Trinajstić information content (AvgIpc) is 2.81. The van der Waals surface area contributed by atoms with Gasteiger partial charge in [-0.3, -0.25) is 0 Å². The van der Waals surface area contributed by atoms with E-state index in [1.807, 2.05) is 26.1 Å². The zero-order chi connectivity index (χ0) is 15.4. The Bertz CT molecular complexity index is 736. The van der Waals surface area contributed by atoms with Gasteiger partial charge in [0, 0.05) is 11.6 Å². The van der Waals surface area contributed by atoms with Gasteiger partial charge >= 0.3 is 0 Å². The molecule has 5 nitrogen and oxygen atoms in total. The Kier molecular flexibility index (Phi) is 4.39. The van der Waals surface area contributed by atoms with E-state index in [1.54, 1.807) is 12.3 Å². The number of H-pyrrole nitrogens is 1. The quantitative estimate of drug-likeness (QED) is 0.676. The van der Waals surface area contributed by atoms with E-state index >= 15 is 0 Å². The molecule has 2 rings (SSSR count). The maximum Gasteiger partial charge on any atom is 0.225 e. The first-order valence-electron chi connectivity index (χ1n) is 6.72. The Morgan fingerprint density at radius 2 is 2.33 bits per heavy atom. The van der Waals surface area contributed by atoms with Crippen LogP contribution < -0.4 is 4.74 Å². The Morgan fingerprint density at radius 3 is 2.95 bits per heavy atom. The van der Waals surface area contributed by atoms with Crippen LogP contribution in [0.3, 0.4) is 0 Å². The Hall–Kier alpha value is -2.61. The highest BCUT2D eigenvalue weighted by atomic mass is 16.5. The number of Topliss-reactive ketones (excluding diaryl/α,β-unsaturated/α-hetero) is 1. The van der Waals surface area contributed by atoms with E-state index in [0.717, 1.165) is 16.6 Å². The third-order valence-electron chi connectivity index (χ3n) is 2.96. The molecule has 2 aromatic rings. The number of allylic oxidation sites excluding steroid dienone is 2. The van der Waals surface area contributed by atoms with Crippen LogP contribution in [0.4, 0.5) is 0 Å². The molecule has 0 saturated heterocycles. The van der Waals surface area contributed by atoms with Crippen molar-refractivity contribution in [2.45, 2.75) is 33.3 Å². The SMILES string of the molecule is [C-]#[N+]/C(=C\Cc1c[nH]c2ncc(OC(C)C)cc12)C(C)=O. The number of nitrogens with one attached hydrogen (secondary N) is 1. The minimum absolute atomic E-state index is 0.0815. The lowest BCUT2D eigenvalue weighted by Crippen LogP contribution is -2.05. The summed E-state index contributed by atoms with van der Waals surface area (Å²) in [5.41, 5.74) is 1.91. The zero-order valence-corrected chi connectivity index (χ0v) is 12.3. The van der Waals surface area contributed by atoms with Crippen molar-refractivity contribution in [1.82, 2.24) is 9.97 Å². The second-order valence-electron chi connectivity index (χ2n) is 5.01. The normalized spacial score (nSPS) is 11.7. The second kappa shape index (κ2) is 6.23. The van der Waals surface area contributed by atoms with Gasteiger partial charge in [-0.15, -0.1) is 0 Å². The second-order valence-corrected chi connectivity index (χ2v) is 5.01. The van der Waals surface area contributed by atoms with Gasteiger partial charge in [0.25, 0.3) is 0 Å². The summed E-state index contributed by atoms with van der Waals surface area (Å²) in [6.45, 7) is 12.3. The molecule has 2 aromatic heterocycles. The van der Waals surface area contributed by atoms with Crippen molar-refractivity contribution in [2.75, 3.05) is 0 Å². The highest BCUT2D eigenvalue weighted by molar-refractivity contribution is 5.95. The molecule has 0 unspecified atom stereocenters. The number of carbonyl (C=O) groups is 1. The van der Waals surface area contributed by atoms with E-state index < -0.39 is 0 Å². The number of fused-ring (bicyclic) bond motifs is 1. The third-order valence-corrected chi connectivity index (χ3v) is 2.96. The van der Waals surface area contributed by atoms with E-state index in [1.165, 1.54) is 6.92 Å². The van der Waals surface area contributed by atoms with Crippen LogP contribution in [0.5, 0.6) is 5.75 Å². The molecule has 21 heavy (non-hydrogen) atoms. The number of nitrogens with zero attached hydrogens (tertiary/aromatic N) is 2. The lowest BCUT2D eigenvalue weighted by atomic mass is 10.1. The fourth-order valence-corrected chi connectivity index (χ4v) is 2.02. The Morgan fingerprint density at radius 1 is 1.57 bits per heavy atom. The number of ketones is 1. The summed E-state index contributed by atoms with van der Waals surface area (Å²) >= 11 is 0. The van der Waals surface area contributed by atoms with Crippen molar-refractivity contribution in [1.29, 1.82) is 0 Å². The maximum atomic E-state index is 11.3. The molecule has 0 saturated carbocycles. The Balaban J connectivity index is 2.32. The standard InChI is InChI=1S/C16H17N3O2/c1-10(2)21-13-7-14-12(8-18-16(14)19-9-13)5-6-15(17-4)11(3)20/h6-10H,5H2,1-3H3,(H,18,19)/b15-6-. The lowest BCUT2D eigenvalue weighted by Gasteiger charge is -2.09. The van der Waals surface area contributed by atoms with Gasteiger partial charge in [-0.25, -0.2) is 9.83 Å². The molecule has 0 aliphatic carbocycles. The fourth-order valence-electron chi connectivity index (χ4n) is 2.02. The van der Waals surface area contributed by atoms with Crippen LogP contribution in [0.25, 0.3) is 15.9 Å². The van der Waals surface area contributed by atoms with Gasteiger partial charge in [-0.1, -0.05) is 6.08 Å². The summed E-state index contributed by atoms with van der Waals surface area (Å²) in [6.07, 6.45) is 5.75. The fraction of sp³-hybridized carbons (Fsp3) is 0.312. The number of rotatable bonds is 5. The van der Waals surface area contributed by atoms with Crippen LogP contribution in [0.15, 0.2) is 30.2 Å². The molecular formula is C16H17N3O2. The number of ether oxygens (including phenoxy) is 1. The molecule has 5 heteroatoms. The number of aromatic nitrogens is 2. The maximum absolute atomic E-state index is 11.3. The summed E-state index contributed by atoms with van der Waals surface area (Å²) in [5, 5.41) is 0.942. The largest absolute Gasteiger partial charge is 0.489 e. The van der Waals surface area contributed by atoms with E-state index in [2.05, 4.69) is 14.8 Å². The van der Waals surface area contributed by atoms with Crippen LogP contribution in [0, 0.1) is 6.57 Å². The van der Waals surface area contributed by atoms with Gasteiger partial charge in [0.15, 0.2) is 5.78 Å². The van der Waals surface area contributed by atoms with Crippen molar-refractivity contribution < 1.29 is 9.53 Å². The van der Waals surface area contributed by atoms with Gasteiger partial charge in [0.1, 0.15) is 11.4 Å². The molecule has 108 valence electrons. The minimum atomic E-state index is -0.216. The number of hydrogen-bond acceptors (Lipinski definition) is 3. The molecule has 0 radical (unpaired) electrons. The summed E-state index contributed by atoms with van der Waals surface area (Å²) in [6, 6.07) is 1.92. The highest BCUT2D eigenvalue weighted by Gasteiger charge is 2.08. The van der Waals surface area contributed by atoms with Crippen molar-refractivity contribution in [3.05, 3.63) is 47.2 Å². The lowest BCUT2D eigenvalue weighted by molar-refractivity contribution is -0.113. The van der Waals surface area contributed by atoms with Crippen LogP contribution in [-0.4, -0.2) is 21.9 Å². The van der Waals surface area contributed by atoms with Crippen LogP contribution >= 0.6 is 0 Å². The van der Waals surface area contributed by atoms with Gasteiger partial charge < -0.3 is 14.5 Å². The Labute approximate surface area is 123 Å². The molecular weight excluding hydrogens is 266 g/mol. The van der Waals surface area contributed by atoms with Crippen molar-refractivity contribution in [2.24, 2.45) is 0 Å². The average molecular weight is 283 g/mol. The zero-order valence-electron chi connectivity index (χ0n) is 12.3. The van der Waals surface area contributed by atoms with Gasteiger partial charge in [0.05, 0.1) is 18.9 Å². The molecule has 0 aliphatic heterocycles. The monoisotopic (exact) mass is 283 g/mol. The molecule has 0 atom stereocenters. The first kappa shape index (κ1) is 14.8. The first-order chi connectivity index (χ1) is 10.0. The van der Waals surface area contributed by atoms with Crippen LogP contribution in [-0.2, 0) is 11.2 Å². The molecule has 0 spiro atoms. The van der Waals surface area contributed by atoms with E-state index in [-0.39, 0.29) is 17.6 Å². The molecule has 0 aliphatic rings. The van der Waals surface area contributed by atoms with Gasteiger partial charge in [-0.2, -0.15) is 0 Å². The molecule has 0 amide bonds. The molecule has 0 bridgehead atoms. The predicted octanol–water partition coefficient (Wildman–Crippen LogP) is 3.28. The highest BCUT2D eigenvalue weighted by Crippen LogP contribution is 2.23. The van der Waals surface area contributed by atoms with Crippen molar-refractivity contribution in [3.8, 4) is 5.75 Å². The van der Waals surface area contributed by atoms with E-state index in [9.17, 15) is 4.79 Å². The van der Waals surface area contributed by atoms with Gasteiger partial charge in [-0.05, 0) is 38.8 Å². The number of hydrogen-bond donors (Lipinski definition) is 1. The van der Waals surface area contributed by atoms with E-state index in [0.29, 0.717) is 12.2 Å². The topological polar surface area (TPSA) is 59.3 Å². The van der Waals surface area contributed by atoms with Gasteiger partial charge in [0.2, 0.25) is 5.70 Å². The van der Waals surface area contributed by atoms with Crippen molar-refractivity contribution in [3.63, 3.8) is 0 Å². The van der Waals surface area contributed by atoms with E-state index in [4.69, 9.17) is 11.3 Å². The third kappa shape index (κ3) is 3.48. The molecule has 0 fully saturated rings. The first-order valence-corrected chi connectivity index (χ1v) is 6.72. The number of pyridine rings is 1. The number of aromatic amines is 1. The van der Waals surface area contributed by atoms with Crippen LogP contribution in [0.2, 0.25) is 0 Å². The summed E-state index contributed by atoms with van der Waals surface area (Å²) < 4.78 is 5.64. The molecule has 2 heterocycles. The smallest absolute Gasteiger partial charge is 0.225 e. The molecule has 1 N–H and O–H groups in total. The predicted molar refractivity (Wildman–Crippen MR) is 80.9 cm³/mol. The summed E-state index contributed by atoms with van der Waals surface area (Å²) in [4.78, 5) is 21.9. The van der Waals surface area contributed by atoms with Crippen molar-refractivity contribution >= 4 is 16.8 Å². The summed E-state index contributed by atoms with van der Waals surface area (Å²) in [5.74, 6) is 0.492. The summed E-state index contributed by atoms with van der Waals surface area (Å²) in [7, 11) is 0. The number of carbonyl (C=O) groups excluding carboxylic acids is 1. The van der Waals surface area contributed by atoms with Crippen LogP contribution in [0.1, 0.15) is 26.3 Å². The minimum Gasteiger partial charge on any atom is -0.489 e. The molecule has 0 aromatic carbocycles.